The number of anilines is 1. The van der Waals surface area contributed by atoms with Crippen molar-refractivity contribution in [2.45, 2.75) is 11.3 Å². The van der Waals surface area contributed by atoms with Gasteiger partial charge >= 0.3 is 6.18 Å². The van der Waals surface area contributed by atoms with Crippen LogP contribution in [0.3, 0.4) is 0 Å². The lowest BCUT2D eigenvalue weighted by atomic mass is 10.2. The first-order chi connectivity index (χ1) is 12.2. The summed E-state index contributed by atoms with van der Waals surface area (Å²) in [6.07, 6.45) is -3.59. The molecule has 0 radical (unpaired) electrons. The van der Waals surface area contributed by atoms with Gasteiger partial charge in [0.2, 0.25) is 5.91 Å². The van der Waals surface area contributed by atoms with Crippen molar-refractivity contribution < 1.29 is 27.4 Å². The quantitative estimate of drug-likeness (QED) is 0.578. The topological polar surface area (TPSA) is 73.3 Å². The number of carbonyl (C=O) groups excluding carboxylic acids is 1. The molecule has 11 heteroatoms. The fourth-order valence-corrected chi connectivity index (χ4v) is 2.71. The predicted molar refractivity (Wildman–Crippen MR) is 90.9 cm³/mol. The van der Waals surface area contributed by atoms with E-state index in [0.717, 1.165) is 24.0 Å². The van der Waals surface area contributed by atoms with Crippen molar-refractivity contribution in [1.82, 2.24) is 9.97 Å². The molecule has 2 aromatic rings. The molecule has 0 spiro atoms. The Morgan fingerprint density at radius 3 is 2.58 bits per heavy atom. The Labute approximate surface area is 156 Å². The van der Waals surface area contributed by atoms with Gasteiger partial charge in [0.05, 0.1) is 30.7 Å². The lowest BCUT2D eigenvalue weighted by Crippen LogP contribution is -2.15. The minimum Gasteiger partial charge on any atom is -0.495 e. The van der Waals surface area contributed by atoms with Gasteiger partial charge in [-0.3, -0.25) is 4.79 Å². The highest BCUT2D eigenvalue weighted by Crippen LogP contribution is 2.36. The third-order valence-electron chi connectivity index (χ3n) is 3.00. The Kier molecular flexibility index (Phi) is 6.54. The summed E-state index contributed by atoms with van der Waals surface area (Å²) in [5.74, 6) is -0.00240. The number of rotatable bonds is 6. The molecule has 0 atom stereocenters. The average molecular weight is 408 g/mol. The van der Waals surface area contributed by atoms with Crippen LogP contribution in [0.1, 0.15) is 5.69 Å². The number of aromatic nitrogens is 2. The first-order valence-electron chi connectivity index (χ1n) is 6.99. The number of nitrogens with one attached hydrogen (secondary N) is 1. The van der Waals surface area contributed by atoms with Gasteiger partial charge in [0, 0.05) is 12.3 Å². The number of hydrogen-bond donors (Lipinski definition) is 1. The Balaban J connectivity index is 2.05. The minimum absolute atomic E-state index is 0.158. The third-order valence-corrected chi connectivity index (χ3v) is 4.16. The fraction of sp³-hybridized carbons (Fsp3) is 0.267. The number of alkyl halides is 3. The number of ether oxygens (including phenoxy) is 2. The number of halogens is 4. The molecule has 0 bridgehead atoms. The van der Waals surface area contributed by atoms with Gasteiger partial charge < -0.3 is 14.8 Å². The Hall–Kier alpha value is -2.20. The summed E-state index contributed by atoms with van der Waals surface area (Å²) in [5.41, 5.74) is -0.770. The van der Waals surface area contributed by atoms with Crippen LogP contribution in [-0.4, -0.2) is 35.8 Å². The Morgan fingerprint density at radius 1 is 1.27 bits per heavy atom. The summed E-state index contributed by atoms with van der Waals surface area (Å²) < 4.78 is 48.1. The van der Waals surface area contributed by atoms with Crippen LogP contribution in [0.25, 0.3) is 0 Å². The number of benzene rings is 1. The van der Waals surface area contributed by atoms with Gasteiger partial charge in [0.15, 0.2) is 5.16 Å². The van der Waals surface area contributed by atoms with Crippen LogP contribution in [0.2, 0.25) is 5.02 Å². The molecule has 0 saturated carbocycles. The van der Waals surface area contributed by atoms with Crippen molar-refractivity contribution in [3.05, 3.63) is 35.1 Å². The lowest BCUT2D eigenvalue weighted by Gasteiger charge is -2.13. The summed E-state index contributed by atoms with van der Waals surface area (Å²) in [5, 5.41) is 2.67. The van der Waals surface area contributed by atoms with E-state index in [-0.39, 0.29) is 15.9 Å². The number of nitrogens with zero attached hydrogens (tertiary/aromatic N) is 2. The van der Waals surface area contributed by atoms with Crippen molar-refractivity contribution in [2.24, 2.45) is 0 Å². The number of hydrogen-bond acceptors (Lipinski definition) is 6. The molecule has 0 unspecified atom stereocenters. The van der Waals surface area contributed by atoms with Crippen LogP contribution in [0.4, 0.5) is 18.9 Å². The van der Waals surface area contributed by atoms with Crippen LogP contribution in [0.5, 0.6) is 11.5 Å². The second-order valence-electron chi connectivity index (χ2n) is 4.75. The van der Waals surface area contributed by atoms with Crippen LogP contribution in [-0.2, 0) is 11.0 Å². The molecule has 0 saturated heterocycles. The molecule has 0 aliphatic carbocycles. The molecular weight excluding hydrogens is 395 g/mol. The number of methoxy groups -OCH3 is 2. The van der Waals surface area contributed by atoms with E-state index in [9.17, 15) is 18.0 Å². The number of thioether (sulfide) groups is 1. The molecule has 1 N–H and O–H groups in total. The predicted octanol–water partition coefficient (Wildman–Crippen LogP) is 3.90. The van der Waals surface area contributed by atoms with Gasteiger partial charge in [-0.25, -0.2) is 9.97 Å². The van der Waals surface area contributed by atoms with Gasteiger partial charge in [-0.1, -0.05) is 23.4 Å². The van der Waals surface area contributed by atoms with Gasteiger partial charge in [0.1, 0.15) is 17.2 Å². The van der Waals surface area contributed by atoms with Crippen LogP contribution in [0.15, 0.2) is 29.6 Å². The monoisotopic (exact) mass is 407 g/mol. The molecule has 6 nitrogen and oxygen atoms in total. The third kappa shape index (κ3) is 5.15. The van der Waals surface area contributed by atoms with E-state index >= 15 is 0 Å². The highest BCUT2D eigenvalue weighted by molar-refractivity contribution is 7.99. The molecule has 0 fully saturated rings. The molecule has 1 heterocycles. The Morgan fingerprint density at radius 2 is 1.96 bits per heavy atom. The largest absolute Gasteiger partial charge is 0.495 e. The van der Waals surface area contributed by atoms with E-state index in [1.807, 2.05) is 0 Å². The second kappa shape index (κ2) is 8.45. The number of amides is 1. The molecule has 1 amide bonds. The summed E-state index contributed by atoms with van der Waals surface area (Å²) in [6.45, 7) is 0. The molecule has 1 aromatic heterocycles. The second-order valence-corrected chi connectivity index (χ2v) is 6.10. The summed E-state index contributed by atoms with van der Waals surface area (Å²) in [6, 6.07) is 3.71. The first-order valence-corrected chi connectivity index (χ1v) is 8.35. The summed E-state index contributed by atoms with van der Waals surface area (Å²) >= 11 is 6.78. The van der Waals surface area contributed by atoms with Crippen molar-refractivity contribution in [3.8, 4) is 11.5 Å². The molecule has 140 valence electrons. The maximum atomic E-state index is 12.6. The zero-order chi connectivity index (χ0) is 19.3. The SMILES string of the molecule is COc1cc(OC)c(NC(=O)CSc2nccc(C(F)(F)F)n2)cc1Cl. The van der Waals surface area contributed by atoms with Gasteiger partial charge in [-0.05, 0) is 12.1 Å². The van der Waals surface area contributed by atoms with E-state index in [0.29, 0.717) is 17.2 Å². The maximum absolute atomic E-state index is 12.6. The summed E-state index contributed by atoms with van der Waals surface area (Å²) in [4.78, 5) is 19.2. The van der Waals surface area contributed by atoms with E-state index in [4.69, 9.17) is 21.1 Å². The van der Waals surface area contributed by atoms with E-state index in [1.54, 1.807) is 0 Å². The highest BCUT2D eigenvalue weighted by atomic mass is 35.5. The highest BCUT2D eigenvalue weighted by Gasteiger charge is 2.32. The first kappa shape index (κ1) is 20.1. The maximum Gasteiger partial charge on any atom is 0.433 e. The average Bonchev–Trinajstić information content (AvgIpc) is 2.60. The van der Waals surface area contributed by atoms with Crippen LogP contribution >= 0.6 is 23.4 Å². The molecule has 0 aliphatic heterocycles. The van der Waals surface area contributed by atoms with Gasteiger partial charge in [-0.2, -0.15) is 13.2 Å². The molecule has 26 heavy (non-hydrogen) atoms. The molecule has 0 aliphatic rings. The normalized spacial score (nSPS) is 11.2. The Bertz CT molecular complexity index is 805. The molecular formula is C15H13ClF3N3O3S. The minimum atomic E-state index is -4.58. The van der Waals surface area contributed by atoms with E-state index in [2.05, 4.69) is 15.3 Å². The smallest absolute Gasteiger partial charge is 0.433 e. The van der Waals surface area contributed by atoms with Crippen molar-refractivity contribution in [2.75, 3.05) is 25.3 Å². The fourth-order valence-electron chi connectivity index (χ4n) is 1.84. The lowest BCUT2D eigenvalue weighted by molar-refractivity contribution is -0.141. The zero-order valence-electron chi connectivity index (χ0n) is 13.6. The van der Waals surface area contributed by atoms with Gasteiger partial charge in [-0.15, -0.1) is 0 Å². The number of carbonyl (C=O) groups is 1. The van der Waals surface area contributed by atoms with E-state index < -0.39 is 17.8 Å². The molecule has 1 aromatic carbocycles. The van der Waals surface area contributed by atoms with Crippen molar-refractivity contribution in [3.63, 3.8) is 0 Å². The van der Waals surface area contributed by atoms with Crippen LogP contribution < -0.4 is 14.8 Å². The molecule has 2 rings (SSSR count). The summed E-state index contributed by atoms with van der Waals surface area (Å²) in [7, 11) is 2.84. The van der Waals surface area contributed by atoms with Crippen molar-refractivity contribution in [1.29, 1.82) is 0 Å². The van der Waals surface area contributed by atoms with Crippen molar-refractivity contribution >= 4 is 35.0 Å². The van der Waals surface area contributed by atoms with Gasteiger partial charge in [0.25, 0.3) is 0 Å². The standard InChI is InChI=1S/C15H13ClF3N3O3S/c1-24-10-6-11(25-2)9(5-8(10)16)21-13(23)7-26-14-20-4-3-12(22-14)15(17,18)19/h3-6H,7H2,1-2H3,(H,21,23). The zero-order valence-corrected chi connectivity index (χ0v) is 15.1. The van der Waals surface area contributed by atoms with E-state index in [1.165, 1.54) is 26.4 Å². The van der Waals surface area contributed by atoms with Crippen LogP contribution in [0, 0.1) is 0 Å².